The number of aromatic hydroxyl groups is 2. The van der Waals surface area contributed by atoms with E-state index in [2.05, 4.69) is 6.92 Å². The first-order valence-corrected chi connectivity index (χ1v) is 5.17. The Kier molecular flexibility index (Phi) is 3.81. The third-order valence-corrected chi connectivity index (χ3v) is 2.54. The zero-order valence-corrected chi connectivity index (χ0v) is 8.83. The molecule has 0 spiro atoms. The van der Waals surface area contributed by atoms with E-state index in [1.54, 1.807) is 18.2 Å². The highest BCUT2D eigenvalue weighted by Crippen LogP contribution is 2.35. The molecule has 0 amide bonds. The predicted octanol–water partition coefficient (Wildman–Crippen LogP) is 3.39. The average molecular weight is 194 g/mol. The molecule has 0 aliphatic rings. The van der Waals surface area contributed by atoms with Crippen LogP contribution in [0.5, 0.6) is 11.5 Å². The molecule has 2 nitrogen and oxygen atoms in total. The van der Waals surface area contributed by atoms with Gasteiger partial charge >= 0.3 is 0 Å². The van der Waals surface area contributed by atoms with Crippen LogP contribution in [0.1, 0.15) is 44.6 Å². The van der Waals surface area contributed by atoms with Crippen molar-refractivity contribution in [3.8, 4) is 11.5 Å². The molecule has 1 rings (SSSR count). The van der Waals surface area contributed by atoms with Crippen molar-refractivity contribution < 1.29 is 10.2 Å². The Labute approximate surface area is 85.2 Å². The summed E-state index contributed by atoms with van der Waals surface area (Å²) in [6, 6.07) is 4.90. The molecule has 0 fully saturated rings. The summed E-state index contributed by atoms with van der Waals surface area (Å²) in [5, 5.41) is 19.2. The lowest BCUT2D eigenvalue weighted by atomic mass is 9.94. The number of phenols is 2. The van der Waals surface area contributed by atoms with Crippen LogP contribution in [0.15, 0.2) is 18.2 Å². The zero-order chi connectivity index (χ0) is 10.6. The van der Waals surface area contributed by atoms with Gasteiger partial charge in [-0.2, -0.15) is 0 Å². The molecule has 0 bridgehead atoms. The van der Waals surface area contributed by atoms with Crippen LogP contribution < -0.4 is 0 Å². The van der Waals surface area contributed by atoms with E-state index in [1.807, 2.05) is 6.92 Å². The van der Waals surface area contributed by atoms with Gasteiger partial charge in [0, 0.05) is 5.56 Å². The standard InChI is InChI=1S/C12H18O2/c1-3-4-6-9(2)12-10(13)7-5-8-11(12)14/h5,7-9,13-14H,3-4,6H2,1-2H3. The predicted molar refractivity (Wildman–Crippen MR) is 57.7 cm³/mol. The van der Waals surface area contributed by atoms with Gasteiger partial charge in [-0.15, -0.1) is 0 Å². The molecular weight excluding hydrogens is 176 g/mol. The van der Waals surface area contributed by atoms with Crippen molar-refractivity contribution in [2.45, 2.75) is 39.0 Å². The van der Waals surface area contributed by atoms with Crippen LogP contribution in [0.25, 0.3) is 0 Å². The van der Waals surface area contributed by atoms with Crippen molar-refractivity contribution in [1.29, 1.82) is 0 Å². The molecule has 1 aromatic carbocycles. The van der Waals surface area contributed by atoms with Crippen LogP contribution in [-0.4, -0.2) is 10.2 Å². The SMILES string of the molecule is CCCCC(C)c1c(O)cccc1O. The van der Waals surface area contributed by atoms with Crippen molar-refractivity contribution in [3.05, 3.63) is 23.8 Å². The van der Waals surface area contributed by atoms with Gasteiger partial charge in [-0.25, -0.2) is 0 Å². The van der Waals surface area contributed by atoms with Gasteiger partial charge in [-0.05, 0) is 24.5 Å². The van der Waals surface area contributed by atoms with Crippen molar-refractivity contribution in [3.63, 3.8) is 0 Å². The Balaban J connectivity index is 2.82. The summed E-state index contributed by atoms with van der Waals surface area (Å²) in [6.45, 7) is 4.17. The number of unbranched alkanes of at least 4 members (excludes halogenated alkanes) is 1. The Morgan fingerprint density at radius 3 is 2.29 bits per heavy atom. The van der Waals surface area contributed by atoms with Gasteiger partial charge in [0.2, 0.25) is 0 Å². The molecule has 0 radical (unpaired) electrons. The highest BCUT2D eigenvalue weighted by Gasteiger charge is 2.13. The first-order chi connectivity index (χ1) is 6.66. The number of hydrogen-bond acceptors (Lipinski definition) is 2. The van der Waals surface area contributed by atoms with Crippen LogP contribution in [-0.2, 0) is 0 Å². The van der Waals surface area contributed by atoms with Crippen LogP contribution in [0.2, 0.25) is 0 Å². The molecule has 0 saturated heterocycles. The fraction of sp³-hybridized carbons (Fsp3) is 0.500. The molecular formula is C12H18O2. The number of rotatable bonds is 4. The van der Waals surface area contributed by atoms with Gasteiger partial charge in [-0.1, -0.05) is 32.8 Å². The largest absolute Gasteiger partial charge is 0.508 e. The van der Waals surface area contributed by atoms with Crippen LogP contribution in [0, 0.1) is 0 Å². The number of phenolic OH excluding ortho intramolecular Hbond substituents is 2. The average Bonchev–Trinajstić information content (AvgIpc) is 2.14. The van der Waals surface area contributed by atoms with Gasteiger partial charge in [0.05, 0.1) is 0 Å². The minimum atomic E-state index is 0.202. The second-order valence-corrected chi connectivity index (χ2v) is 3.75. The molecule has 0 aliphatic carbocycles. The molecule has 1 aromatic rings. The van der Waals surface area contributed by atoms with Crippen molar-refractivity contribution in [2.75, 3.05) is 0 Å². The quantitative estimate of drug-likeness (QED) is 0.771. The maximum atomic E-state index is 9.60. The van der Waals surface area contributed by atoms with Crippen molar-refractivity contribution >= 4 is 0 Å². The fourth-order valence-corrected chi connectivity index (χ4v) is 1.70. The smallest absolute Gasteiger partial charge is 0.122 e. The Bertz CT molecular complexity index is 274. The first-order valence-electron chi connectivity index (χ1n) is 5.17. The monoisotopic (exact) mass is 194 g/mol. The molecule has 1 unspecified atom stereocenters. The summed E-state index contributed by atoms with van der Waals surface area (Å²) in [5.41, 5.74) is 0.681. The minimum absolute atomic E-state index is 0.202. The molecule has 14 heavy (non-hydrogen) atoms. The summed E-state index contributed by atoms with van der Waals surface area (Å²) in [5.74, 6) is 0.623. The third-order valence-electron chi connectivity index (χ3n) is 2.54. The summed E-state index contributed by atoms with van der Waals surface area (Å²) in [6.07, 6.45) is 3.26. The highest BCUT2D eigenvalue weighted by molar-refractivity contribution is 5.45. The maximum absolute atomic E-state index is 9.60. The van der Waals surface area contributed by atoms with Crippen molar-refractivity contribution in [1.82, 2.24) is 0 Å². The van der Waals surface area contributed by atoms with E-state index in [1.165, 1.54) is 0 Å². The lowest BCUT2D eigenvalue weighted by Crippen LogP contribution is -1.94. The van der Waals surface area contributed by atoms with Gasteiger partial charge in [-0.3, -0.25) is 0 Å². The molecule has 0 aromatic heterocycles. The number of hydrogen-bond donors (Lipinski definition) is 2. The van der Waals surface area contributed by atoms with E-state index < -0.39 is 0 Å². The van der Waals surface area contributed by atoms with Crippen LogP contribution in [0.3, 0.4) is 0 Å². The van der Waals surface area contributed by atoms with Crippen LogP contribution in [0.4, 0.5) is 0 Å². The highest BCUT2D eigenvalue weighted by atomic mass is 16.3. The fourth-order valence-electron chi connectivity index (χ4n) is 1.70. The van der Waals surface area contributed by atoms with E-state index in [0.29, 0.717) is 5.56 Å². The van der Waals surface area contributed by atoms with E-state index in [9.17, 15) is 10.2 Å². The van der Waals surface area contributed by atoms with Gasteiger partial charge in [0.15, 0.2) is 0 Å². The Hall–Kier alpha value is -1.18. The van der Waals surface area contributed by atoms with E-state index in [-0.39, 0.29) is 17.4 Å². The molecule has 2 heteroatoms. The summed E-state index contributed by atoms with van der Waals surface area (Å²) in [4.78, 5) is 0. The molecule has 1 atom stereocenters. The topological polar surface area (TPSA) is 40.5 Å². The summed E-state index contributed by atoms with van der Waals surface area (Å²) in [7, 11) is 0. The van der Waals surface area contributed by atoms with E-state index in [4.69, 9.17) is 0 Å². The maximum Gasteiger partial charge on any atom is 0.122 e. The molecule has 0 heterocycles. The number of benzene rings is 1. The van der Waals surface area contributed by atoms with Crippen LogP contribution >= 0.6 is 0 Å². The molecule has 2 N–H and O–H groups in total. The van der Waals surface area contributed by atoms with Gasteiger partial charge in [0.25, 0.3) is 0 Å². The summed E-state index contributed by atoms with van der Waals surface area (Å²) >= 11 is 0. The third kappa shape index (κ3) is 2.41. The zero-order valence-electron chi connectivity index (χ0n) is 8.83. The van der Waals surface area contributed by atoms with Crippen molar-refractivity contribution in [2.24, 2.45) is 0 Å². The summed E-state index contributed by atoms with van der Waals surface area (Å²) < 4.78 is 0. The minimum Gasteiger partial charge on any atom is -0.508 e. The Morgan fingerprint density at radius 1 is 1.21 bits per heavy atom. The second kappa shape index (κ2) is 4.89. The lowest BCUT2D eigenvalue weighted by molar-refractivity contribution is 0.426. The van der Waals surface area contributed by atoms with E-state index >= 15 is 0 Å². The molecule has 78 valence electrons. The normalized spacial score (nSPS) is 12.7. The van der Waals surface area contributed by atoms with E-state index in [0.717, 1.165) is 19.3 Å². The first kappa shape index (κ1) is 10.9. The van der Waals surface area contributed by atoms with Gasteiger partial charge in [0.1, 0.15) is 11.5 Å². The second-order valence-electron chi connectivity index (χ2n) is 3.75. The lowest BCUT2D eigenvalue weighted by Gasteiger charge is -2.14. The Morgan fingerprint density at radius 2 is 1.79 bits per heavy atom. The molecule has 0 aliphatic heterocycles. The molecule has 0 saturated carbocycles. The van der Waals surface area contributed by atoms with Gasteiger partial charge < -0.3 is 10.2 Å².